The third-order valence-corrected chi connectivity index (χ3v) is 2.79. The van der Waals surface area contributed by atoms with Gasteiger partial charge in [0.2, 0.25) is 0 Å². The average molecular weight is 261 g/mol. The van der Waals surface area contributed by atoms with Crippen LogP contribution in [0.25, 0.3) is 0 Å². The molecule has 0 amide bonds. The van der Waals surface area contributed by atoms with E-state index < -0.39 is 0 Å². The first-order valence-corrected chi connectivity index (χ1v) is 6.05. The predicted octanol–water partition coefficient (Wildman–Crippen LogP) is 2.47. The molecule has 1 aromatic heterocycles. The van der Waals surface area contributed by atoms with Crippen LogP contribution in [0.2, 0.25) is 0 Å². The van der Waals surface area contributed by atoms with Crippen LogP contribution in [0.15, 0.2) is 41.1 Å². The molecule has 0 fully saturated rings. The molecule has 1 N–H and O–H groups in total. The van der Waals surface area contributed by atoms with Crippen LogP contribution in [0.4, 0.5) is 0 Å². The Bertz CT molecular complexity index is 519. The number of hydrogen-bond donors (Lipinski definition) is 1. The lowest BCUT2D eigenvalue weighted by molar-refractivity contribution is -0.143. The van der Waals surface area contributed by atoms with Gasteiger partial charge in [0.05, 0.1) is 18.7 Å². The van der Waals surface area contributed by atoms with Crippen molar-refractivity contribution in [1.82, 2.24) is 5.16 Å². The molecule has 0 saturated carbocycles. The van der Waals surface area contributed by atoms with E-state index in [1.54, 1.807) is 37.3 Å². The molecule has 5 nitrogen and oxygen atoms in total. The molecule has 0 aliphatic heterocycles. The van der Waals surface area contributed by atoms with E-state index in [0.29, 0.717) is 12.3 Å². The van der Waals surface area contributed by atoms with Gasteiger partial charge >= 0.3 is 5.97 Å². The number of carbonyl (C=O) groups is 1. The highest BCUT2D eigenvalue weighted by Crippen LogP contribution is 2.28. The number of phenolic OH excluding ortho intramolecular Hbond substituents is 1. The first-order chi connectivity index (χ1) is 9.20. The van der Waals surface area contributed by atoms with Crippen LogP contribution in [0.1, 0.15) is 30.5 Å². The van der Waals surface area contributed by atoms with Crippen LogP contribution in [0.5, 0.6) is 5.75 Å². The van der Waals surface area contributed by atoms with E-state index in [2.05, 4.69) is 5.16 Å². The van der Waals surface area contributed by atoms with Gasteiger partial charge in [-0.25, -0.2) is 0 Å². The summed E-state index contributed by atoms with van der Waals surface area (Å²) in [7, 11) is 0. The SMILES string of the molecule is CCOC(=O)CC(c1ccc(O)cc1)c1ccon1. The summed E-state index contributed by atoms with van der Waals surface area (Å²) in [5.74, 6) is -0.347. The normalized spacial score (nSPS) is 12.1. The maximum absolute atomic E-state index is 11.7. The quantitative estimate of drug-likeness (QED) is 0.837. The van der Waals surface area contributed by atoms with Crippen LogP contribution >= 0.6 is 0 Å². The van der Waals surface area contributed by atoms with Crippen LogP contribution in [0, 0.1) is 0 Å². The van der Waals surface area contributed by atoms with E-state index in [-0.39, 0.29) is 24.1 Å². The van der Waals surface area contributed by atoms with E-state index in [0.717, 1.165) is 5.56 Å². The standard InChI is InChI=1S/C14H15NO4/c1-2-18-14(17)9-12(13-7-8-19-15-13)10-3-5-11(16)6-4-10/h3-8,12,16H,2,9H2,1H3. The molecule has 1 atom stereocenters. The molecule has 1 unspecified atom stereocenters. The molecule has 19 heavy (non-hydrogen) atoms. The maximum Gasteiger partial charge on any atom is 0.306 e. The first kappa shape index (κ1) is 13.1. The van der Waals surface area contributed by atoms with E-state index in [1.165, 1.54) is 6.26 Å². The summed E-state index contributed by atoms with van der Waals surface area (Å²) in [4.78, 5) is 11.7. The lowest BCUT2D eigenvalue weighted by Crippen LogP contribution is -2.11. The van der Waals surface area contributed by atoms with Gasteiger partial charge in [0.15, 0.2) is 0 Å². The topological polar surface area (TPSA) is 72.6 Å². The molecule has 0 aliphatic rings. The molecule has 100 valence electrons. The van der Waals surface area contributed by atoms with Crippen molar-refractivity contribution >= 4 is 5.97 Å². The van der Waals surface area contributed by atoms with Crippen molar-refractivity contribution in [2.75, 3.05) is 6.61 Å². The van der Waals surface area contributed by atoms with E-state index in [1.807, 2.05) is 0 Å². The zero-order valence-electron chi connectivity index (χ0n) is 10.6. The number of hydrogen-bond acceptors (Lipinski definition) is 5. The van der Waals surface area contributed by atoms with Gasteiger partial charge in [0.25, 0.3) is 0 Å². The summed E-state index contributed by atoms with van der Waals surface area (Å²) in [6.07, 6.45) is 1.65. The zero-order chi connectivity index (χ0) is 13.7. The molecule has 0 radical (unpaired) electrons. The lowest BCUT2D eigenvalue weighted by Gasteiger charge is -2.13. The molecule has 0 spiro atoms. The Balaban J connectivity index is 2.24. The van der Waals surface area contributed by atoms with Crippen molar-refractivity contribution in [3.05, 3.63) is 47.9 Å². The van der Waals surface area contributed by atoms with Crippen LogP contribution < -0.4 is 0 Å². The minimum absolute atomic E-state index is 0.179. The highest BCUT2D eigenvalue weighted by Gasteiger charge is 2.21. The lowest BCUT2D eigenvalue weighted by atomic mass is 9.92. The number of esters is 1. The van der Waals surface area contributed by atoms with Gasteiger partial charge in [0.1, 0.15) is 12.0 Å². The van der Waals surface area contributed by atoms with Crippen molar-refractivity contribution in [2.24, 2.45) is 0 Å². The second kappa shape index (κ2) is 6.04. The molecule has 0 bridgehead atoms. The number of nitrogens with zero attached hydrogens (tertiary/aromatic N) is 1. The monoisotopic (exact) mass is 261 g/mol. The zero-order valence-corrected chi connectivity index (χ0v) is 10.6. The van der Waals surface area contributed by atoms with E-state index in [9.17, 15) is 9.90 Å². The van der Waals surface area contributed by atoms with Gasteiger partial charge in [-0.1, -0.05) is 17.3 Å². The summed E-state index contributed by atoms with van der Waals surface area (Å²) in [6.45, 7) is 2.11. The summed E-state index contributed by atoms with van der Waals surface area (Å²) in [5, 5.41) is 13.2. The Morgan fingerprint density at radius 1 is 1.37 bits per heavy atom. The highest BCUT2D eigenvalue weighted by atomic mass is 16.5. The van der Waals surface area contributed by atoms with Gasteiger partial charge < -0.3 is 14.4 Å². The van der Waals surface area contributed by atoms with Crippen molar-refractivity contribution in [3.63, 3.8) is 0 Å². The van der Waals surface area contributed by atoms with Crippen LogP contribution in [-0.2, 0) is 9.53 Å². The van der Waals surface area contributed by atoms with Gasteiger partial charge in [-0.05, 0) is 24.6 Å². The Labute approximate surface area is 110 Å². The number of aromatic nitrogens is 1. The van der Waals surface area contributed by atoms with Gasteiger partial charge in [0, 0.05) is 12.0 Å². The fraction of sp³-hybridized carbons (Fsp3) is 0.286. The third kappa shape index (κ3) is 3.34. The van der Waals surface area contributed by atoms with Gasteiger partial charge in [-0.2, -0.15) is 0 Å². The first-order valence-electron chi connectivity index (χ1n) is 6.05. The fourth-order valence-electron chi connectivity index (χ4n) is 1.89. The van der Waals surface area contributed by atoms with Crippen molar-refractivity contribution < 1.29 is 19.2 Å². The highest BCUT2D eigenvalue weighted by molar-refractivity contribution is 5.71. The molecule has 0 saturated heterocycles. The molecule has 1 aromatic carbocycles. The number of rotatable bonds is 5. The largest absolute Gasteiger partial charge is 0.508 e. The second-order valence-corrected chi connectivity index (χ2v) is 4.08. The second-order valence-electron chi connectivity index (χ2n) is 4.08. The average Bonchev–Trinajstić information content (AvgIpc) is 2.91. The molecule has 0 aliphatic carbocycles. The van der Waals surface area contributed by atoms with Gasteiger partial charge in [-0.3, -0.25) is 4.79 Å². The summed E-state index contributed by atoms with van der Waals surface area (Å²) in [6, 6.07) is 8.39. The Hall–Kier alpha value is -2.30. The number of aromatic hydroxyl groups is 1. The molecule has 1 heterocycles. The minimum Gasteiger partial charge on any atom is -0.508 e. The fourth-order valence-corrected chi connectivity index (χ4v) is 1.89. The molecular weight excluding hydrogens is 246 g/mol. The third-order valence-electron chi connectivity index (χ3n) is 2.79. The number of phenols is 1. The van der Waals surface area contributed by atoms with Crippen molar-refractivity contribution in [2.45, 2.75) is 19.3 Å². The maximum atomic E-state index is 11.7. The predicted molar refractivity (Wildman–Crippen MR) is 67.7 cm³/mol. The minimum atomic E-state index is -0.288. The number of carbonyl (C=O) groups excluding carboxylic acids is 1. The number of ether oxygens (including phenoxy) is 1. The molecular formula is C14H15NO4. The van der Waals surface area contributed by atoms with Crippen LogP contribution in [-0.4, -0.2) is 22.8 Å². The van der Waals surface area contributed by atoms with Gasteiger partial charge in [-0.15, -0.1) is 0 Å². The Kier molecular flexibility index (Phi) is 4.18. The summed E-state index contributed by atoms with van der Waals surface area (Å²) in [5.41, 5.74) is 1.54. The Morgan fingerprint density at radius 2 is 2.11 bits per heavy atom. The molecule has 2 rings (SSSR count). The van der Waals surface area contributed by atoms with Crippen LogP contribution in [0.3, 0.4) is 0 Å². The Morgan fingerprint density at radius 3 is 2.68 bits per heavy atom. The summed E-state index contributed by atoms with van der Waals surface area (Å²) >= 11 is 0. The summed E-state index contributed by atoms with van der Waals surface area (Å²) < 4.78 is 9.80. The number of benzene rings is 1. The molecule has 5 heteroatoms. The van der Waals surface area contributed by atoms with E-state index in [4.69, 9.17) is 9.26 Å². The van der Waals surface area contributed by atoms with Crippen molar-refractivity contribution in [3.8, 4) is 5.75 Å². The van der Waals surface area contributed by atoms with Crippen molar-refractivity contribution in [1.29, 1.82) is 0 Å². The molecule has 2 aromatic rings. The van der Waals surface area contributed by atoms with E-state index >= 15 is 0 Å². The smallest absolute Gasteiger partial charge is 0.306 e.